The molecule has 0 aliphatic carbocycles. The Morgan fingerprint density at radius 2 is 1.56 bits per heavy atom. The average molecular weight is 523 g/mol. The van der Waals surface area contributed by atoms with Crippen LogP contribution in [0.4, 0.5) is 4.39 Å². The summed E-state index contributed by atoms with van der Waals surface area (Å²) in [6.45, 7) is 3.78. The van der Waals surface area contributed by atoms with Crippen molar-refractivity contribution in [2.24, 2.45) is 5.73 Å². The monoisotopic (exact) mass is 522 g/mol. The topological polar surface area (TPSA) is 63.4 Å². The van der Waals surface area contributed by atoms with Gasteiger partial charge in [0, 0.05) is 9.72 Å². The Morgan fingerprint density at radius 3 is 2.19 bits per heavy atom. The minimum absolute atomic E-state index is 0.183. The van der Waals surface area contributed by atoms with Gasteiger partial charge in [0.25, 0.3) is 11.7 Å². The van der Waals surface area contributed by atoms with E-state index in [9.17, 15) is 14.0 Å². The molecule has 0 saturated carbocycles. The summed E-state index contributed by atoms with van der Waals surface area (Å²) in [5.74, 6) is -1.78. The molecule has 1 aliphatic rings. The van der Waals surface area contributed by atoms with Crippen LogP contribution in [0.25, 0.3) is 21.2 Å². The molecule has 0 unspecified atom stereocenters. The summed E-state index contributed by atoms with van der Waals surface area (Å²) in [6.07, 6.45) is 5.11. The quantitative estimate of drug-likeness (QED) is 0.216. The van der Waals surface area contributed by atoms with Gasteiger partial charge in [-0.15, -0.1) is 11.3 Å². The first-order valence-electron chi connectivity index (χ1n) is 12.0. The number of amides is 1. The van der Waals surface area contributed by atoms with Crippen LogP contribution in [0.3, 0.4) is 0 Å². The number of nitrogens with two attached hydrogens (primary N) is 1. The average Bonchev–Trinajstić information content (AvgIpc) is 3.54. The number of hydrogen-bond acceptors (Lipinski definition) is 4. The van der Waals surface area contributed by atoms with Crippen LogP contribution in [0.15, 0.2) is 72.8 Å². The van der Waals surface area contributed by atoms with Crippen molar-refractivity contribution in [1.29, 1.82) is 0 Å². The lowest BCUT2D eigenvalue weighted by molar-refractivity contribution is -0.114. The molecule has 36 heavy (non-hydrogen) atoms. The molecule has 0 spiro atoms. The number of hydrogen-bond donors (Lipinski definition) is 1. The van der Waals surface area contributed by atoms with Crippen LogP contribution in [0.5, 0.6) is 0 Å². The largest absolute Gasteiger partial charge is 0.363 e. The predicted molar refractivity (Wildman–Crippen MR) is 146 cm³/mol. The van der Waals surface area contributed by atoms with E-state index in [1.54, 1.807) is 24.3 Å². The van der Waals surface area contributed by atoms with Gasteiger partial charge in [-0.1, -0.05) is 54.1 Å². The number of halogens is 2. The minimum Gasteiger partial charge on any atom is -0.363 e. The summed E-state index contributed by atoms with van der Waals surface area (Å²) in [5, 5.41) is 1.48. The molecule has 0 bridgehead atoms. The predicted octanol–water partition coefficient (Wildman–Crippen LogP) is 6.74. The van der Waals surface area contributed by atoms with Gasteiger partial charge in [0.05, 0.1) is 4.88 Å². The van der Waals surface area contributed by atoms with Gasteiger partial charge >= 0.3 is 0 Å². The van der Waals surface area contributed by atoms with Gasteiger partial charge < -0.3 is 10.6 Å². The molecule has 5 rings (SSSR count). The molecule has 3 aromatic carbocycles. The number of fused-ring (bicyclic) bond motifs is 1. The fourth-order valence-electron chi connectivity index (χ4n) is 4.26. The van der Waals surface area contributed by atoms with Crippen LogP contribution in [0, 0.1) is 5.82 Å². The highest BCUT2D eigenvalue weighted by atomic mass is 35.5. The van der Waals surface area contributed by atoms with E-state index < -0.39 is 11.7 Å². The van der Waals surface area contributed by atoms with Crippen molar-refractivity contribution in [3.05, 3.63) is 94.1 Å². The number of primary amides is 1. The summed E-state index contributed by atoms with van der Waals surface area (Å²) >= 11 is 7.01. The van der Waals surface area contributed by atoms with Gasteiger partial charge in [-0.2, -0.15) is 0 Å². The molecule has 4 nitrogen and oxygen atoms in total. The molecule has 1 amide bonds. The van der Waals surface area contributed by atoms with Crippen molar-refractivity contribution < 1.29 is 14.0 Å². The second-order valence-corrected chi connectivity index (χ2v) is 10.4. The molecule has 186 valence electrons. The number of ketones is 1. The van der Waals surface area contributed by atoms with E-state index in [1.165, 1.54) is 67.9 Å². The van der Waals surface area contributed by atoms with Crippen LogP contribution in [0.1, 0.15) is 34.5 Å². The summed E-state index contributed by atoms with van der Waals surface area (Å²) in [4.78, 5) is 24.9. The van der Waals surface area contributed by atoms with Gasteiger partial charge in [0.2, 0.25) is 0 Å². The molecule has 1 saturated heterocycles. The minimum atomic E-state index is -0.937. The highest BCUT2D eigenvalue weighted by molar-refractivity contribution is 7.21. The summed E-state index contributed by atoms with van der Waals surface area (Å²) in [7, 11) is 0. The molecular weight excluding hydrogens is 495 g/mol. The molecule has 4 aromatic rings. The fraction of sp³-hybridized carbons (Fsp3) is 0.241. The van der Waals surface area contributed by atoms with Gasteiger partial charge in [0.15, 0.2) is 0 Å². The zero-order valence-corrected chi connectivity index (χ0v) is 21.5. The number of Topliss-reactive ketones (excluding diaryl/α,β-unsaturated/α-hetero) is 1. The van der Waals surface area contributed by atoms with Crippen LogP contribution >= 0.6 is 22.9 Å². The fourth-order valence-corrected chi connectivity index (χ4v) is 5.54. The van der Waals surface area contributed by atoms with Gasteiger partial charge in [-0.3, -0.25) is 9.59 Å². The van der Waals surface area contributed by atoms with Crippen molar-refractivity contribution in [2.45, 2.75) is 25.7 Å². The van der Waals surface area contributed by atoms with E-state index in [0.717, 1.165) is 27.6 Å². The number of likely N-dealkylation sites (tertiary alicyclic amines) is 1. The standard InChI is InChI=1S/C19H22FN.C10H6ClNO2S/c20-19-11-9-18(10-12-19)17-7-5-16(6-8-17)4-3-15-21-13-1-2-14-21;11-6-2-1-5-3-8(9(13)10(12)14)15-7(5)4-6/h5-12H,1-4,13-15H2;1-4H,(H2,12,14). The highest BCUT2D eigenvalue weighted by Gasteiger charge is 2.15. The highest BCUT2D eigenvalue weighted by Crippen LogP contribution is 2.28. The van der Waals surface area contributed by atoms with Gasteiger partial charge in [-0.25, -0.2) is 4.39 Å². The summed E-state index contributed by atoms with van der Waals surface area (Å²) < 4.78 is 13.8. The second kappa shape index (κ2) is 12.3. The lowest BCUT2D eigenvalue weighted by Gasteiger charge is -2.14. The maximum absolute atomic E-state index is 12.9. The Morgan fingerprint density at radius 1 is 0.917 bits per heavy atom. The molecule has 2 heterocycles. The van der Waals surface area contributed by atoms with E-state index in [1.807, 2.05) is 12.1 Å². The Kier molecular flexibility index (Phi) is 8.86. The van der Waals surface area contributed by atoms with Crippen LogP contribution in [-0.4, -0.2) is 36.2 Å². The van der Waals surface area contributed by atoms with Crippen molar-refractivity contribution in [3.63, 3.8) is 0 Å². The zero-order valence-electron chi connectivity index (χ0n) is 19.9. The lowest BCUT2D eigenvalue weighted by Crippen LogP contribution is -2.21. The first kappa shape index (κ1) is 26.0. The Bertz CT molecular complexity index is 1330. The maximum atomic E-state index is 12.9. The molecular formula is C29H28ClFN2O2S. The van der Waals surface area contributed by atoms with Crippen molar-refractivity contribution in [3.8, 4) is 11.1 Å². The molecule has 1 fully saturated rings. The Balaban J connectivity index is 0.000000179. The van der Waals surface area contributed by atoms with E-state index >= 15 is 0 Å². The normalized spacial score (nSPS) is 13.4. The van der Waals surface area contributed by atoms with Crippen molar-refractivity contribution in [1.82, 2.24) is 4.90 Å². The van der Waals surface area contributed by atoms with Gasteiger partial charge in [-0.05, 0) is 97.7 Å². The van der Waals surface area contributed by atoms with Crippen molar-refractivity contribution >= 4 is 44.7 Å². The van der Waals surface area contributed by atoms with Crippen LogP contribution < -0.4 is 5.73 Å². The Labute approximate surface area is 219 Å². The number of thiophene rings is 1. The molecule has 2 N–H and O–H groups in total. The summed E-state index contributed by atoms with van der Waals surface area (Å²) in [6, 6.07) is 22.3. The first-order chi connectivity index (χ1) is 17.4. The molecule has 7 heteroatoms. The van der Waals surface area contributed by atoms with E-state index in [4.69, 9.17) is 17.3 Å². The van der Waals surface area contributed by atoms with Crippen LogP contribution in [0.2, 0.25) is 5.02 Å². The summed E-state index contributed by atoms with van der Waals surface area (Å²) in [5.41, 5.74) is 8.52. The smallest absolute Gasteiger partial charge is 0.290 e. The van der Waals surface area contributed by atoms with E-state index in [-0.39, 0.29) is 5.82 Å². The number of carbonyl (C=O) groups is 2. The van der Waals surface area contributed by atoms with Crippen LogP contribution in [-0.2, 0) is 11.2 Å². The SMILES string of the molecule is Fc1ccc(-c2ccc(CCCN3CCCC3)cc2)cc1.NC(=O)C(=O)c1cc2ccc(Cl)cc2s1. The number of nitrogens with zero attached hydrogens (tertiary/aromatic N) is 1. The third-order valence-electron chi connectivity index (χ3n) is 6.20. The molecule has 1 aliphatic heterocycles. The third kappa shape index (κ3) is 7.00. The maximum Gasteiger partial charge on any atom is 0.290 e. The molecule has 0 radical (unpaired) electrons. The number of rotatable bonds is 7. The van der Waals surface area contributed by atoms with E-state index in [2.05, 4.69) is 29.2 Å². The Hall–Kier alpha value is -3.06. The number of aryl methyl sites for hydroxylation is 1. The molecule has 1 aromatic heterocycles. The third-order valence-corrected chi connectivity index (χ3v) is 7.53. The lowest BCUT2D eigenvalue weighted by atomic mass is 10.0. The van der Waals surface area contributed by atoms with Crippen molar-refractivity contribution in [2.75, 3.05) is 19.6 Å². The second-order valence-electron chi connectivity index (χ2n) is 8.84. The number of carbonyl (C=O) groups excluding carboxylic acids is 2. The van der Waals surface area contributed by atoms with Gasteiger partial charge in [0.1, 0.15) is 5.82 Å². The first-order valence-corrected chi connectivity index (χ1v) is 13.2. The number of benzene rings is 3. The zero-order chi connectivity index (χ0) is 25.5. The van der Waals surface area contributed by atoms with E-state index in [0.29, 0.717) is 9.90 Å². The molecule has 0 atom stereocenters.